The Morgan fingerprint density at radius 3 is 2.64 bits per heavy atom. The Labute approximate surface area is 131 Å². The predicted molar refractivity (Wildman–Crippen MR) is 87.8 cm³/mol. The number of rotatable bonds is 5. The van der Waals surface area contributed by atoms with Crippen LogP contribution in [0.1, 0.15) is 19.4 Å². The summed E-state index contributed by atoms with van der Waals surface area (Å²) in [7, 11) is 5.71. The molecule has 0 aliphatic carbocycles. The minimum Gasteiger partial charge on any atom is -0.497 e. The molecule has 0 amide bonds. The molecule has 120 valence electrons. The van der Waals surface area contributed by atoms with E-state index >= 15 is 0 Å². The molecule has 0 saturated heterocycles. The van der Waals surface area contributed by atoms with Crippen molar-refractivity contribution in [2.75, 3.05) is 27.7 Å². The number of ether oxygens (including phenoxy) is 2. The molecule has 0 saturated carbocycles. The SMILES string of the molecule is COc1ccc2c(c1)c(CCN(C)C)cn2C(=O)OC(C)C. The van der Waals surface area contributed by atoms with Gasteiger partial charge in [-0.15, -0.1) is 0 Å². The standard InChI is InChI=1S/C17H24N2O3/c1-12(2)22-17(20)19-11-13(8-9-18(3)4)15-10-14(21-5)6-7-16(15)19/h6-7,10-12H,8-9H2,1-5H3. The molecule has 22 heavy (non-hydrogen) atoms. The monoisotopic (exact) mass is 304 g/mol. The number of methoxy groups -OCH3 is 1. The molecule has 5 nitrogen and oxygen atoms in total. The fourth-order valence-corrected chi connectivity index (χ4v) is 2.36. The smallest absolute Gasteiger partial charge is 0.418 e. The lowest BCUT2D eigenvalue weighted by molar-refractivity contribution is 0.118. The van der Waals surface area contributed by atoms with E-state index in [1.807, 2.05) is 52.3 Å². The highest BCUT2D eigenvalue weighted by Crippen LogP contribution is 2.27. The summed E-state index contributed by atoms with van der Waals surface area (Å²) in [6.07, 6.45) is 2.24. The van der Waals surface area contributed by atoms with Gasteiger partial charge in [-0.05, 0) is 58.1 Å². The number of hydrogen-bond acceptors (Lipinski definition) is 4. The topological polar surface area (TPSA) is 43.7 Å². The van der Waals surface area contributed by atoms with Gasteiger partial charge in [0.1, 0.15) is 5.75 Å². The molecule has 0 aliphatic rings. The van der Waals surface area contributed by atoms with Crippen LogP contribution in [0.3, 0.4) is 0 Å². The second-order valence-electron chi connectivity index (χ2n) is 5.89. The largest absolute Gasteiger partial charge is 0.497 e. The second kappa shape index (κ2) is 6.83. The van der Waals surface area contributed by atoms with Crippen molar-refractivity contribution in [3.05, 3.63) is 30.0 Å². The number of nitrogens with zero attached hydrogens (tertiary/aromatic N) is 2. The zero-order chi connectivity index (χ0) is 16.3. The van der Waals surface area contributed by atoms with Gasteiger partial charge in [-0.2, -0.15) is 0 Å². The molecule has 0 bridgehead atoms. The van der Waals surface area contributed by atoms with Crippen LogP contribution in [0.2, 0.25) is 0 Å². The van der Waals surface area contributed by atoms with Crippen molar-refractivity contribution < 1.29 is 14.3 Å². The van der Waals surface area contributed by atoms with Gasteiger partial charge in [0.15, 0.2) is 0 Å². The zero-order valence-corrected chi connectivity index (χ0v) is 13.9. The van der Waals surface area contributed by atoms with Crippen LogP contribution in [-0.4, -0.2) is 49.4 Å². The van der Waals surface area contributed by atoms with Gasteiger partial charge in [0.25, 0.3) is 0 Å². The van der Waals surface area contributed by atoms with E-state index in [1.165, 1.54) is 0 Å². The van der Waals surface area contributed by atoms with E-state index in [0.29, 0.717) is 0 Å². The van der Waals surface area contributed by atoms with Crippen LogP contribution in [0, 0.1) is 0 Å². The lowest BCUT2D eigenvalue weighted by Crippen LogP contribution is -2.17. The van der Waals surface area contributed by atoms with Crippen LogP contribution in [-0.2, 0) is 11.2 Å². The van der Waals surface area contributed by atoms with Crippen molar-refractivity contribution in [3.63, 3.8) is 0 Å². The molecule has 1 heterocycles. The number of likely N-dealkylation sites (N-methyl/N-ethyl adjacent to an activating group) is 1. The molecule has 0 spiro atoms. The van der Waals surface area contributed by atoms with Crippen LogP contribution in [0.25, 0.3) is 10.9 Å². The van der Waals surface area contributed by atoms with E-state index in [0.717, 1.165) is 35.2 Å². The third-order valence-electron chi connectivity index (χ3n) is 3.46. The molecule has 1 aromatic carbocycles. The highest BCUT2D eigenvalue weighted by Gasteiger charge is 2.16. The normalized spacial score (nSPS) is 11.4. The van der Waals surface area contributed by atoms with Gasteiger partial charge < -0.3 is 14.4 Å². The fraction of sp³-hybridized carbons (Fsp3) is 0.471. The van der Waals surface area contributed by atoms with E-state index in [4.69, 9.17) is 9.47 Å². The Kier molecular flexibility index (Phi) is 5.08. The summed E-state index contributed by atoms with van der Waals surface area (Å²) in [5.41, 5.74) is 1.96. The Morgan fingerprint density at radius 2 is 2.05 bits per heavy atom. The number of carbonyl (C=O) groups excluding carboxylic acids is 1. The number of carbonyl (C=O) groups is 1. The van der Waals surface area contributed by atoms with E-state index in [2.05, 4.69) is 4.90 Å². The molecule has 0 fully saturated rings. The molecular formula is C17H24N2O3. The summed E-state index contributed by atoms with van der Waals surface area (Å²) < 4.78 is 12.2. The summed E-state index contributed by atoms with van der Waals surface area (Å²) in [4.78, 5) is 14.4. The van der Waals surface area contributed by atoms with Crippen molar-refractivity contribution in [1.29, 1.82) is 0 Å². The maximum atomic E-state index is 12.3. The summed E-state index contributed by atoms with van der Waals surface area (Å²) in [6, 6.07) is 5.73. The first-order valence-electron chi connectivity index (χ1n) is 7.46. The maximum Gasteiger partial charge on any atom is 0.418 e. The van der Waals surface area contributed by atoms with E-state index in [1.54, 1.807) is 11.7 Å². The average Bonchev–Trinajstić information content (AvgIpc) is 2.82. The number of fused-ring (bicyclic) bond motifs is 1. The molecule has 0 N–H and O–H groups in total. The molecule has 2 rings (SSSR count). The third kappa shape index (κ3) is 3.60. The molecule has 0 unspecified atom stereocenters. The second-order valence-corrected chi connectivity index (χ2v) is 5.89. The molecule has 1 aromatic heterocycles. The summed E-state index contributed by atoms with van der Waals surface area (Å²) in [6.45, 7) is 4.61. The van der Waals surface area contributed by atoms with Crippen molar-refractivity contribution in [2.24, 2.45) is 0 Å². The van der Waals surface area contributed by atoms with Crippen molar-refractivity contribution in [1.82, 2.24) is 9.47 Å². The Hall–Kier alpha value is -2.01. The minimum absolute atomic E-state index is 0.145. The van der Waals surface area contributed by atoms with Gasteiger partial charge in [0.2, 0.25) is 0 Å². The van der Waals surface area contributed by atoms with E-state index in [-0.39, 0.29) is 12.2 Å². The fourth-order valence-electron chi connectivity index (χ4n) is 2.36. The Morgan fingerprint density at radius 1 is 1.32 bits per heavy atom. The van der Waals surface area contributed by atoms with Gasteiger partial charge in [0.05, 0.1) is 18.7 Å². The van der Waals surface area contributed by atoms with Gasteiger partial charge in [-0.1, -0.05) is 0 Å². The number of hydrogen-bond donors (Lipinski definition) is 0. The highest BCUT2D eigenvalue weighted by molar-refractivity contribution is 5.92. The first-order valence-corrected chi connectivity index (χ1v) is 7.46. The zero-order valence-electron chi connectivity index (χ0n) is 13.9. The lowest BCUT2D eigenvalue weighted by atomic mass is 10.1. The van der Waals surface area contributed by atoms with Crippen LogP contribution in [0.5, 0.6) is 5.75 Å². The highest BCUT2D eigenvalue weighted by atomic mass is 16.6. The first kappa shape index (κ1) is 16.4. The minimum atomic E-state index is -0.346. The Bertz CT molecular complexity index is 659. The number of benzene rings is 1. The quantitative estimate of drug-likeness (QED) is 0.851. The molecule has 0 aliphatic heterocycles. The van der Waals surface area contributed by atoms with Crippen LogP contribution < -0.4 is 4.74 Å². The molecule has 5 heteroatoms. The van der Waals surface area contributed by atoms with Crippen LogP contribution >= 0.6 is 0 Å². The lowest BCUT2D eigenvalue weighted by Gasteiger charge is -2.09. The van der Waals surface area contributed by atoms with E-state index in [9.17, 15) is 4.79 Å². The molecule has 2 aromatic rings. The predicted octanol–water partition coefficient (Wildman–Crippen LogP) is 3.15. The van der Waals surface area contributed by atoms with Crippen molar-refractivity contribution in [3.8, 4) is 5.75 Å². The number of aromatic nitrogens is 1. The van der Waals surface area contributed by atoms with E-state index < -0.39 is 0 Å². The third-order valence-corrected chi connectivity index (χ3v) is 3.46. The van der Waals surface area contributed by atoms with Crippen LogP contribution in [0.15, 0.2) is 24.4 Å². The van der Waals surface area contributed by atoms with Crippen molar-refractivity contribution >= 4 is 17.0 Å². The van der Waals surface area contributed by atoms with Crippen molar-refractivity contribution in [2.45, 2.75) is 26.4 Å². The molecule has 0 radical (unpaired) electrons. The van der Waals surface area contributed by atoms with Gasteiger partial charge in [0, 0.05) is 18.1 Å². The average molecular weight is 304 g/mol. The van der Waals surface area contributed by atoms with Gasteiger partial charge in [-0.3, -0.25) is 4.57 Å². The van der Waals surface area contributed by atoms with Crippen LogP contribution in [0.4, 0.5) is 4.79 Å². The summed E-state index contributed by atoms with van der Waals surface area (Å²) >= 11 is 0. The Balaban J connectivity index is 2.46. The summed E-state index contributed by atoms with van der Waals surface area (Å²) in [5, 5.41) is 1.03. The maximum absolute atomic E-state index is 12.3. The molecule has 0 atom stereocenters. The van der Waals surface area contributed by atoms with Gasteiger partial charge >= 0.3 is 6.09 Å². The first-order chi connectivity index (χ1) is 10.4. The molecular weight excluding hydrogens is 280 g/mol. The van der Waals surface area contributed by atoms with Gasteiger partial charge in [-0.25, -0.2) is 4.79 Å². The summed E-state index contributed by atoms with van der Waals surface area (Å²) in [5.74, 6) is 0.786.